The molecule has 0 aliphatic rings. The molecule has 1 aromatic rings. The molecule has 1 aromatic heterocycles. The minimum absolute atomic E-state index is 0.0166. The average Bonchev–Trinajstić information content (AvgIpc) is 2.16. The SMILES string of the molecule is NC(=O)c1cc([N+](=O)[O-])cnc1C(Br)Br. The number of hydrogen-bond donors (Lipinski definition) is 1. The van der Waals surface area contributed by atoms with E-state index in [2.05, 4.69) is 36.8 Å². The Morgan fingerprint density at radius 1 is 1.60 bits per heavy atom. The molecule has 80 valence electrons. The summed E-state index contributed by atoms with van der Waals surface area (Å²) in [6.45, 7) is 0. The molecular weight excluding hydrogens is 334 g/mol. The van der Waals surface area contributed by atoms with Crippen LogP contribution in [0.5, 0.6) is 0 Å². The van der Waals surface area contributed by atoms with Gasteiger partial charge in [0.15, 0.2) is 0 Å². The van der Waals surface area contributed by atoms with E-state index in [1.165, 1.54) is 0 Å². The van der Waals surface area contributed by atoms with Gasteiger partial charge in [-0.1, -0.05) is 31.9 Å². The number of alkyl halides is 2. The van der Waals surface area contributed by atoms with Crippen molar-refractivity contribution in [3.63, 3.8) is 0 Å². The molecule has 0 spiro atoms. The van der Waals surface area contributed by atoms with Crippen molar-refractivity contribution in [1.82, 2.24) is 4.98 Å². The third-order valence-electron chi connectivity index (χ3n) is 1.59. The maximum atomic E-state index is 11.0. The second kappa shape index (κ2) is 4.67. The summed E-state index contributed by atoms with van der Waals surface area (Å²) in [6, 6.07) is 1.10. The number of carbonyl (C=O) groups excluding carboxylic acids is 1. The van der Waals surface area contributed by atoms with Gasteiger partial charge in [-0.05, 0) is 0 Å². The maximum Gasteiger partial charge on any atom is 0.288 e. The summed E-state index contributed by atoms with van der Waals surface area (Å²) in [5.74, 6) is -0.759. The fraction of sp³-hybridized carbons (Fsp3) is 0.143. The van der Waals surface area contributed by atoms with Crippen molar-refractivity contribution in [2.75, 3.05) is 0 Å². The smallest absolute Gasteiger partial charge is 0.288 e. The molecule has 0 radical (unpaired) electrons. The van der Waals surface area contributed by atoms with Crippen molar-refractivity contribution in [3.8, 4) is 0 Å². The van der Waals surface area contributed by atoms with E-state index in [0.717, 1.165) is 12.3 Å². The predicted octanol–water partition coefficient (Wildman–Crippen LogP) is 1.88. The van der Waals surface area contributed by atoms with Gasteiger partial charge in [0, 0.05) is 6.07 Å². The number of amides is 1. The second-order valence-corrected chi connectivity index (χ2v) is 5.61. The Bertz CT molecular complexity index is 422. The molecule has 0 atom stereocenters. The Kier molecular flexibility index (Phi) is 3.75. The molecule has 1 heterocycles. The highest BCUT2D eigenvalue weighted by atomic mass is 79.9. The van der Waals surface area contributed by atoms with Crippen LogP contribution >= 0.6 is 31.9 Å². The zero-order chi connectivity index (χ0) is 11.6. The molecule has 0 aliphatic carbocycles. The summed E-state index contributed by atoms with van der Waals surface area (Å²) in [5, 5.41) is 10.4. The van der Waals surface area contributed by atoms with Crippen LogP contribution < -0.4 is 5.73 Å². The number of carbonyl (C=O) groups is 1. The number of hydrogen-bond acceptors (Lipinski definition) is 4. The summed E-state index contributed by atoms with van der Waals surface area (Å²) in [7, 11) is 0. The standard InChI is InChI=1S/C7H5Br2N3O3/c8-6(9)5-4(7(10)13)1-3(2-11-5)12(14)15/h1-2,6H,(H2,10,13). The molecule has 0 fully saturated rings. The molecule has 0 bridgehead atoms. The third kappa shape index (κ3) is 2.72. The Morgan fingerprint density at radius 2 is 2.20 bits per heavy atom. The van der Waals surface area contributed by atoms with Gasteiger partial charge in [0.1, 0.15) is 9.93 Å². The van der Waals surface area contributed by atoms with E-state index >= 15 is 0 Å². The van der Waals surface area contributed by atoms with Gasteiger partial charge in [-0.2, -0.15) is 0 Å². The van der Waals surface area contributed by atoms with Gasteiger partial charge in [0.2, 0.25) is 0 Å². The molecule has 6 nitrogen and oxygen atoms in total. The van der Waals surface area contributed by atoms with Crippen LogP contribution in [0.4, 0.5) is 5.69 Å². The quantitative estimate of drug-likeness (QED) is 0.516. The highest BCUT2D eigenvalue weighted by Crippen LogP contribution is 2.31. The molecule has 8 heteroatoms. The lowest BCUT2D eigenvalue weighted by Gasteiger charge is -2.05. The Hall–Kier alpha value is -1.02. The molecule has 0 saturated heterocycles. The number of pyridine rings is 1. The molecule has 0 aliphatic heterocycles. The van der Waals surface area contributed by atoms with Crippen LogP contribution in [-0.2, 0) is 0 Å². The zero-order valence-corrected chi connectivity index (χ0v) is 10.4. The molecule has 15 heavy (non-hydrogen) atoms. The molecular formula is C7H5Br2N3O3. The summed E-state index contributed by atoms with van der Waals surface area (Å²) in [4.78, 5) is 24.6. The molecule has 2 N–H and O–H groups in total. The fourth-order valence-electron chi connectivity index (χ4n) is 0.935. The van der Waals surface area contributed by atoms with Gasteiger partial charge in [-0.3, -0.25) is 19.9 Å². The van der Waals surface area contributed by atoms with Crippen LogP contribution in [0.3, 0.4) is 0 Å². The summed E-state index contributed by atoms with van der Waals surface area (Å²) < 4.78 is -0.381. The van der Waals surface area contributed by atoms with E-state index in [-0.39, 0.29) is 15.0 Å². The number of rotatable bonds is 3. The second-order valence-electron chi connectivity index (χ2n) is 2.55. The molecule has 0 unspecified atom stereocenters. The van der Waals surface area contributed by atoms with Crippen molar-refractivity contribution in [1.29, 1.82) is 0 Å². The van der Waals surface area contributed by atoms with Gasteiger partial charge in [0.05, 0.1) is 16.2 Å². The predicted molar refractivity (Wildman–Crippen MR) is 60.0 cm³/mol. The van der Waals surface area contributed by atoms with Crippen molar-refractivity contribution in [2.24, 2.45) is 5.73 Å². The number of primary amides is 1. The summed E-state index contributed by atoms with van der Waals surface area (Å²) >= 11 is 6.28. The Balaban J connectivity index is 3.33. The summed E-state index contributed by atoms with van der Waals surface area (Å²) in [6.07, 6.45) is 1.07. The first-order chi connectivity index (χ1) is 6.93. The number of nitrogens with zero attached hydrogens (tertiary/aromatic N) is 2. The average molecular weight is 339 g/mol. The van der Waals surface area contributed by atoms with Gasteiger partial charge in [-0.25, -0.2) is 0 Å². The van der Waals surface area contributed by atoms with E-state index in [1.54, 1.807) is 0 Å². The van der Waals surface area contributed by atoms with E-state index in [0.29, 0.717) is 5.69 Å². The van der Waals surface area contributed by atoms with Crippen molar-refractivity contribution in [2.45, 2.75) is 3.74 Å². The van der Waals surface area contributed by atoms with Crippen molar-refractivity contribution in [3.05, 3.63) is 33.6 Å². The van der Waals surface area contributed by atoms with Crippen LogP contribution in [0, 0.1) is 10.1 Å². The minimum Gasteiger partial charge on any atom is -0.366 e. The van der Waals surface area contributed by atoms with Gasteiger partial charge >= 0.3 is 0 Å². The number of aromatic nitrogens is 1. The third-order valence-corrected chi connectivity index (χ3v) is 2.45. The minimum atomic E-state index is -0.759. The van der Waals surface area contributed by atoms with Crippen LogP contribution in [0.1, 0.15) is 19.8 Å². The molecule has 1 rings (SSSR count). The number of nitro groups is 1. The highest BCUT2D eigenvalue weighted by Gasteiger charge is 2.19. The lowest BCUT2D eigenvalue weighted by atomic mass is 10.2. The first-order valence-electron chi connectivity index (χ1n) is 3.65. The molecule has 0 aromatic carbocycles. The fourth-order valence-corrected chi connectivity index (χ4v) is 1.67. The monoisotopic (exact) mass is 337 g/mol. The Morgan fingerprint density at radius 3 is 2.60 bits per heavy atom. The van der Waals surface area contributed by atoms with Crippen molar-refractivity contribution < 1.29 is 9.72 Å². The van der Waals surface area contributed by atoms with Crippen LogP contribution in [0.15, 0.2) is 12.3 Å². The first-order valence-corrected chi connectivity index (χ1v) is 5.49. The number of halogens is 2. The van der Waals surface area contributed by atoms with E-state index < -0.39 is 10.8 Å². The normalized spacial score (nSPS) is 10.3. The zero-order valence-electron chi connectivity index (χ0n) is 7.18. The topological polar surface area (TPSA) is 99.1 Å². The van der Waals surface area contributed by atoms with E-state index in [9.17, 15) is 14.9 Å². The van der Waals surface area contributed by atoms with E-state index in [1.807, 2.05) is 0 Å². The van der Waals surface area contributed by atoms with E-state index in [4.69, 9.17) is 5.73 Å². The summed E-state index contributed by atoms with van der Waals surface area (Å²) in [5.41, 5.74) is 5.14. The highest BCUT2D eigenvalue weighted by molar-refractivity contribution is 9.24. The van der Waals surface area contributed by atoms with Gasteiger partial charge < -0.3 is 5.73 Å². The van der Waals surface area contributed by atoms with Crippen molar-refractivity contribution >= 4 is 43.5 Å². The van der Waals surface area contributed by atoms with Gasteiger partial charge in [0.25, 0.3) is 11.6 Å². The van der Waals surface area contributed by atoms with Crippen LogP contribution in [0.25, 0.3) is 0 Å². The largest absolute Gasteiger partial charge is 0.366 e. The lowest BCUT2D eigenvalue weighted by Crippen LogP contribution is -2.15. The Labute approximate surface area is 101 Å². The molecule has 1 amide bonds. The molecule has 0 saturated carbocycles. The maximum absolute atomic E-state index is 11.0. The number of nitrogens with two attached hydrogens (primary N) is 1. The lowest BCUT2D eigenvalue weighted by molar-refractivity contribution is -0.385. The van der Waals surface area contributed by atoms with Crippen LogP contribution in [0.2, 0.25) is 0 Å². The van der Waals surface area contributed by atoms with Gasteiger partial charge in [-0.15, -0.1) is 0 Å². The first kappa shape index (κ1) is 12.1. The van der Waals surface area contributed by atoms with Crippen LogP contribution in [-0.4, -0.2) is 15.8 Å².